The van der Waals surface area contributed by atoms with Gasteiger partial charge in [0.1, 0.15) is 0 Å². The molecule has 26 heavy (non-hydrogen) atoms. The zero-order chi connectivity index (χ0) is 17.3. The van der Waals surface area contributed by atoms with Gasteiger partial charge in [0.25, 0.3) is 5.91 Å². The third kappa shape index (κ3) is 4.43. The first-order chi connectivity index (χ1) is 11.5. The molecule has 1 amide bonds. The third-order valence-corrected chi connectivity index (χ3v) is 4.98. The molecule has 1 aliphatic rings. The first-order valence-electron chi connectivity index (χ1n) is 8.44. The molecule has 1 fully saturated rings. The second-order valence-electron chi connectivity index (χ2n) is 6.57. The van der Waals surface area contributed by atoms with Gasteiger partial charge in [-0.3, -0.25) is 4.79 Å². The van der Waals surface area contributed by atoms with E-state index < -0.39 is 0 Å². The zero-order valence-electron chi connectivity index (χ0n) is 15.5. The fourth-order valence-corrected chi connectivity index (χ4v) is 3.27. The van der Waals surface area contributed by atoms with Gasteiger partial charge in [-0.15, -0.1) is 24.8 Å². The number of carbonyl (C=O) groups is 1. The molecule has 0 bridgehead atoms. The van der Waals surface area contributed by atoms with Gasteiger partial charge in [-0.25, -0.2) is 0 Å². The fraction of sp³-hybridized carbons (Fsp3) is 0.350. The summed E-state index contributed by atoms with van der Waals surface area (Å²) in [6.07, 6.45) is 0. The van der Waals surface area contributed by atoms with Crippen molar-refractivity contribution in [3.63, 3.8) is 0 Å². The zero-order valence-corrected chi connectivity index (χ0v) is 17.1. The largest absolute Gasteiger partial charge is 0.399 e. The van der Waals surface area contributed by atoms with Gasteiger partial charge in [-0.1, -0.05) is 18.2 Å². The van der Waals surface area contributed by atoms with Crippen LogP contribution in [0.1, 0.15) is 27.0 Å². The highest BCUT2D eigenvalue weighted by molar-refractivity contribution is 5.96. The van der Waals surface area contributed by atoms with Crippen LogP contribution in [0, 0.1) is 20.8 Å². The predicted octanol–water partition coefficient (Wildman–Crippen LogP) is 4.00. The molecule has 2 N–H and O–H groups in total. The number of nitrogen functional groups attached to an aromatic ring is 1. The Balaban J connectivity index is 0.00000169. The molecule has 1 aliphatic heterocycles. The topological polar surface area (TPSA) is 49.6 Å². The van der Waals surface area contributed by atoms with Crippen molar-refractivity contribution in [3.8, 4) is 0 Å². The number of piperazine rings is 1. The first kappa shape index (κ1) is 22.1. The smallest absolute Gasteiger partial charge is 0.254 e. The van der Waals surface area contributed by atoms with Crippen molar-refractivity contribution < 1.29 is 4.79 Å². The summed E-state index contributed by atoms with van der Waals surface area (Å²) in [6, 6.07) is 11.9. The van der Waals surface area contributed by atoms with Gasteiger partial charge in [0, 0.05) is 43.1 Å². The minimum Gasteiger partial charge on any atom is -0.399 e. The normalized spacial score (nSPS) is 13.7. The fourth-order valence-electron chi connectivity index (χ4n) is 3.27. The summed E-state index contributed by atoms with van der Waals surface area (Å²) in [5, 5.41) is 0. The molecular weight excluding hydrogens is 369 g/mol. The van der Waals surface area contributed by atoms with Crippen LogP contribution in [0.3, 0.4) is 0 Å². The summed E-state index contributed by atoms with van der Waals surface area (Å²) in [5.74, 6) is 0.0837. The molecule has 2 aromatic rings. The van der Waals surface area contributed by atoms with E-state index in [0.717, 1.165) is 37.3 Å². The second-order valence-corrected chi connectivity index (χ2v) is 6.57. The van der Waals surface area contributed by atoms with Crippen LogP contribution in [0.25, 0.3) is 0 Å². The van der Waals surface area contributed by atoms with Crippen molar-refractivity contribution in [2.75, 3.05) is 36.8 Å². The molecule has 1 saturated heterocycles. The minimum atomic E-state index is 0. The lowest BCUT2D eigenvalue weighted by Gasteiger charge is -2.37. The molecule has 142 valence electrons. The van der Waals surface area contributed by atoms with Gasteiger partial charge in [-0.2, -0.15) is 0 Å². The number of nitrogens with two attached hydrogens (primary N) is 1. The monoisotopic (exact) mass is 395 g/mol. The van der Waals surface area contributed by atoms with Crippen LogP contribution >= 0.6 is 24.8 Å². The van der Waals surface area contributed by atoms with Gasteiger partial charge >= 0.3 is 0 Å². The van der Waals surface area contributed by atoms with E-state index in [4.69, 9.17) is 5.73 Å². The van der Waals surface area contributed by atoms with Gasteiger partial charge < -0.3 is 15.5 Å². The highest BCUT2D eigenvalue weighted by atomic mass is 35.5. The Morgan fingerprint density at radius 3 is 2.23 bits per heavy atom. The second kappa shape index (κ2) is 9.15. The lowest BCUT2D eigenvalue weighted by Crippen LogP contribution is -2.49. The highest BCUT2D eigenvalue weighted by Crippen LogP contribution is 2.24. The summed E-state index contributed by atoms with van der Waals surface area (Å²) in [6.45, 7) is 9.45. The molecule has 1 heterocycles. The van der Waals surface area contributed by atoms with E-state index in [1.54, 1.807) is 6.07 Å². The van der Waals surface area contributed by atoms with E-state index in [1.165, 1.54) is 16.8 Å². The number of amides is 1. The minimum absolute atomic E-state index is 0. The van der Waals surface area contributed by atoms with E-state index in [0.29, 0.717) is 5.69 Å². The summed E-state index contributed by atoms with van der Waals surface area (Å²) < 4.78 is 0. The van der Waals surface area contributed by atoms with Crippen LogP contribution in [0.5, 0.6) is 0 Å². The Labute approximate surface area is 168 Å². The quantitative estimate of drug-likeness (QED) is 0.781. The van der Waals surface area contributed by atoms with E-state index in [-0.39, 0.29) is 30.7 Å². The summed E-state index contributed by atoms with van der Waals surface area (Å²) in [4.78, 5) is 17.1. The van der Waals surface area contributed by atoms with Gasteiger partial charge in [0.15, 0.2) is 0 Å². The van der Waals surface area contributed by atoms with Crippen LogP contribution in [0.2, 0.25) is 0 Å². The van der Waals surface area contributed by atoms with E-state index in [2.05, 4.69) is 36.9 Å². The molecule has 0 unspecified atom stereocenters. The van der Waals surface area contributed by atoms with Gasteiger partial charge in [0.2, 0.25) is 0 Å². The molecule has 3 rings (SSSR count). The summed E-state index contributed by atoms with van der Waals surface area (Å²) in [5.41, 5.74) is 12.1. The predicted molar refractivity (Wildman–Crippen MR) is 114 cm³/mol. The Kier molecular flexibility index (Phi) is 7.79. The number of nitrogens with zero attached hydrogens (tertiary/aromatic N) is 2. The molecule has 0 atom stereocenters. The van der Waals surface area contributed by atoms with Crippen LogP contribution in [0.15, 0.2) is 36.4 Å². The standard InChI is InChI=1S/C20H25N3O.2ClH/c1-14-5-4-6-19(16(14)3)22-9-11-23(12-10-22)20(24)18-13-17(21)8-7-15(18)2;;/h4-8,13H,9-12,21H2,1-3H3;2*1H. The SMILES string of the molecule is Cc1ccc(N)cc1C(=O)N1CCN(c2cccc(C)c2C)CC1.Cl.Cl. The van der Waals surface area contributed by atoms with Gasteiger partial charge in [-0.05, 0) is 55.7 Å². The van der Waals surface area contributed by atoms with Crippen molar-refractivity contribution in [1.29, 1.82) is 0 Å². The average molecular weight is 396 g/mol. The number of hydrogen-bond donors (Lipinski definition) is 1. The number of carbonyl (C=O) groups excluding carboxylic acids is 1. The Hall–Kier alpha value is -1.91. The number of anilines is 2. The molecule has 0 aromatic heterocycles. The number of hydrogen-bond acceptors (Lipinski definition) is 3. The Bertz CT molecular complexity index is 772. The van der Waals surface area contributed by atoms with Crippen molar-refractivity contribution in [2.45, 2.75) is 20.8 Å². The third-order valence-electron chi connectivity index (χ3n) is 4.98. The Morgan fingerprint density at radius 1 is 0.923 bits per heavy atom. The van der Waals surface area contributed by atoms with E-state index in [1.807, 2.05) is 24.0 Å². The van der Waals surface area contributed by atoms with Crippen molar-refractivity contribution >= 4 is 42.1 Å². The maximum absolute atomic E-state index is 12.8. The lowest BCUT2D eigenvalue weighted by molar-refractivity contribution is 0.0746. The van der Waals surface area contributed by atoms with Crippen LogP contribution in [0.4, 0.5) is 11.4 Å². The number of benzene rings is 2. The van der Waals surface area contributed by atoms with Crippen molar-refractivity contribution in [3.05, 3.63) is 58.7 Å². The first-order valence-corrected chi connectivity index (χ1v) is 8.44. The van der Waals surface area contributed by atoms with Crippen molar-refractivity contribution in [1.82, 2.24) is 4.90 Å². The molecule has 4 nitrogen and oxygen atoms in total. The molecule has 0 radical (unpaired) electrons. The molecule has 0 saturated carbocycles. The molecule has 0 aliphatic carbocycles. The van der Waals surface area contributed by atoms with E-state index in [9.17, 15) is 4.79 Å². The molecule has 6 heteroatoms. The number of rotatable bonds is 2. The molecule has 2 aromatic carbocycles. The summed E-state index contributed by atoms with van der Waals surface area (Å²) >= 11 is 0. The number of aryl methyl sites for hydroxylation is 2. The van der Waals surface area contributed by atoms with Crippen LogP contribution < -0.4 is 10.6 Å². The van der Waals surface area contributed by atoms with Crippen LogP contribution in [-0.2, 0) is 0 Å². The maximum Gasteiger partial charge on any atom is 0.254 e. The molecule has 0 spiro atoms. The number of halogens is 2. The summed E-state index contributed by atoms with van der Waals surface area (Å²) in [7, 11) is 0. The van der Waals surface area contributed by atoms with E-state index >= 15 is 0 Å². The van der Waals surface area contributed by atoms with Gasteiger partial charge in [0.05, 0.1) is 0 Å². The van der Waals surface area contributed by atoms with Crippen LogP contribution in [-0.4, -0.2) is 37.0 Å². The Morgan fingerprint density at radius 2 is 1.58 bits per heavy atom. The van der Waals surface area contributed by atoms with Crippen molar-refractivity contribution in [2.24, 2.45) is 0 Å². The maximum atomic E-state index is 12.8. The average Bonchev–Trinajstić information content (AvgIpc) is 2.59. The highest BCUT2D eigenvalue weighted by Gasteiger charge is 2.24. The lowest BCUT2D eigenvalue weighted by atomic mass is 10.1. The molecular formula is C20H27Cl2N3O.